The van der Waals surface area contributed by atoms with E-state index in [2.05, 4.69) is 23.1 Å². The Balaban J connectivity index is 2.09. The summed E-state index contributed by atoms with van der Waals surface area (Å²) in [7, 11) is 0. The fourth-order valence-corrected chi connectivity index (χ4v) is 2.77. The van der Waals surface area contributed by atoms with Crippen LogP contribution in [0.2, 0.25) is 0 Å². The average Bonchev–Trinajstić information content (AvgIpc) is 2.38. The van der Waals surface area contributed by atoms with Crippen molar-refractivity contribution in [1.29, 1.82) is 0 Å². The van der Waals surface area contributed by atoms with Gasteiger partial charge in [0.05, 0.1) is 12.7 Å². The lowest BCUT2D eigenvalue weighted by Gasteiger charge is -2.35. The van der Waals surface area contributed by atoms with Crippen LogP contribution in [0.3, 0.4) is 0 Å². The van der Waals surface area contributed by atoms with Crippen LogP contribution in [0.1, 0.15) is 30.9 Å². The molecule has 1 aliphatic rings. The monoisotopic (exact) mass is 249 g/mol. The molecule has 1 atom stereocenters. The van der Waals surface area contributed by atoms with Crippen molar-refractivity contribution in [2.24, 2.45) is 5.92 Å². The quantitative estimate of drug-likeness (QED) is 0.862. The first kappa shape index (κ1) is 13.4. The summed E-state index contributed by atoms with van der Waals surface area (Å²) in [5.41, 5.74) is 3.33. The Labute approximate surface area is 109 Å². The molecule has 2 N–H and O–H groups in total. The first-order valence-corrected chi connectivity index (χ1v) is 6.75. The highest BCUT2D eigenvalue weighted by Gasteiger charge is 2.23. The lowest BCUT2D eigenvalue weighted by molar-refractivity contribution is 0.110. The third-order valence-electron chi connectivity index (χ3n) is 3.97. The van der Waals surface area contributed by atoms with E-state index in [1.54, 1.807) is 0 Å². The molecule has 2 rings (SSSR count). The van der Waals surface area contributed by atoms with Crippen molar-refractivity contribution in [2.45, 2.75) is 39.4 Å². The molecule has 0 amide bonds. The molecule has 1 fully saturated rings. The summed E-state index contributed by atoms with van der Waals surface area (Å²) in [4.78, 5) is 2.32. The minimum absolute atomic E-state index is 0.0906. The highest BCUT2D eigenvalue weighted by atomic mass is 16.3. The number of aryl methyl sites for hydroxylation is 1. The second kappa shape index (κ2) is 5.72. The molecule has 0 radical (unpaired) electrons. The molecule has 0 aromatic heterocycles. The Morgan fingerprint density at radius 2 is 2.00 bits per heavy atom. The van der Waals surface area contributed by atoms with Crippen LogP contribution in [-0.4, -0.2) is 29.4 Å². The van der Waals surface area contributed by atoms with Crippen LogP contribution < -0.4 is 4.90 Å². The van der Waals surface area contributed by atoms with E-state index in [4.69, 9.17) is 0 Å². The van der Waals surface area contributed by atoms with Gasteiger partial charge in [-0.2, -0.15) is 0 Å². The molecular weight excluding hydrogens is 226 g/mol. The van der Waals surface area contributed by atoms with Crippen LogP contribution in [-0.2, 0) is 6.61 Å². The number of benzene rings is 1. The van der Waals surface area contributed by atoms with Gasteiger partial charge in [0.1, 0.15) is 0 Å². The van der Waals surface area contributed by atoms with Gasteiger partial charge >= 0.3 is 0 Å². The lowest BCUT2D eigenvalue weighted by Crippen LogP contribution is -2.37. The summed E-state index contributed by atoms with van der Waals surface area (Å²) in [6.07, 6.45) is 1.84. The normalized spacial score (nSPS) is 19.0. The van der Waals surface area contributed by atoms with E-state index in [1.165, 1.54) is 5.56 Å². The van der Waals surface area contributed by atoms with E-state index in [1.807, 2.05) is 13.8 Å². The molecule has 3 nitrogen and oxygen atoms in total. The summed E-state index contributed by atoms with van der Waals surface area (Å²) in [6.45, 7) is 5.94. The molecule has 1 aromatic carbocycles. The summed E-state index contributed by atoms with van der Waals surface area (Å²) >= 11 is 0. The SMILES string of the molecule is Cc1ccc(N2CCC(C(C)O)CC2)c(CO)c1. The first-order chi connectivity index (χ1) is 8.61. The zero-order valence-electron chi connectivity index (χ0n) is 11.3. The van der Waals surface area contributed by atoms with E-state index in [-0.39, 0.29) is 12.7 Å². The number of rotatable bonds is 3. The first-order valence-electron chi connectivity index (χ1n) is 6.75. The van der Waals surface area contributed by atoms with Gasteiger partial charge in [0, 0.05) is 24.3 Å². The second-order valence-corrected chi connectivity index (χ2v) is 5.36. The van der Waals surface area contributed by atoms with Gasteiger partial charge in [-0.3, -0.25) is 0 Å². The molecule has 1 heterocycles. The van der Waals surface area contributed by atoms with E-state index in [0.717, 1.165) is 37.2 Å². The van der Waals surface area contributed by atoms with Crippen LogP contribution in [0.25, 0.3) is 0 Å². The fraction of sp³-hybridized carbons (Fsp3) is 0.600. The molecule has 0 aliphatic carbocycles. The number of nitrogens with zero attached hydrogens (tertiary/aromatic N) is 1. The Morgan fingerprint density at radius 3 is 2.56 bits per heavy atom. The van der Waals surface area contributed by atoms with E-state index in [0.29, 0.717) is 5.92 Å². The highest BCUT2D eigenvalue weighted by molar-refractivity contribution is 5.55. The third kappa shape index (κ3) is 2.85. The summed E-state index contributed by atoms with van der Waals surface area (Å²) in [5.74, 6) is 0.421. The molecular formula is C15H23NO2. The van der Waals surface area contributed by atoms with Crippen LogP contribution in [0, 0.1) is 12.8 Å². The van der Waals surface area contributed by atoms with Crippen molar-refractivity contribution < 1.29 is 10.2 Å². The largest absolute Gasteiger partial charge is 0.393 e. The van der Waals surface area contributed by atoms with Crippen molar-refractivity contribution in [1.82, 2.24) is 0 Å². The predicted molar refractivity (Wildman–Crippen MR) is 73.7 cm³/mol. The van der Waals surface area contributed by atoms with Gasteiger partial charge in [-0.05, 0) is 38.7 Å². The van der Waals surface area contributed by atoms with Crippen molar-refractivity contribution in [3.63, 3.8) is 0 Å². The molecule has 0 bridgehead atoms. The number of piperidine rings is 1. The zero-order valence-corrected chi connectivity index (χ0v) is 11.3. The molecule has 1 aromatic rings. The second-order valence-electron chi connectivity index (χ2n) is 5.36. The van der Waals surface area contributed by atoms with Crippen LogP contribution in [0.15, 0.2) is 18.2 Å². The standard InChI is InChI=1S/C15H23NO2/c1-11-3-4-15(14(9-11)10-17)16-7-5-13(6-8-16)12(2)18/h3-4,9,12-13,17-18H,5-8,10H2,1-2H3. The number of hydrogen-bond donors (Lipinski definition) is 2. The van der Waals surface area contributed by atoms with Gasteiger partial charge in [0.2, 0.25) is 0 Å². The Hall–Kier alpha value is -1.06. The van der Waals surface area contributed by atoms with Crippen LogP contribution in [0.5, 0.6) is 0 Å². The minimum atomic E-state index is -0.206. The van der Waals surface area contributed by atoms with Gasteiger partial charge in [0.25, 0.3) is 0 Å². The molecule has 18 heavy (non-hydrogen) atoms. The van der Waals surface area contributed by atoms with E-state index >= 15 is 0 Å². The van der Waals surface area contributed by atoms with Gasteiger partial charge < -0.3 is 15.1 Å². The smallest absolute Gasteiger partial charge is 0.0702 e. The van der Waals surface area contributed by atoms with E-state index < -0.39 is 0 Å². The number of hydrogen-bond acceptors (Lipinski definition) is 3. The van der Waals surface area contributed by atoms with Crippen LogP contribution in [0.4, 0.5) is 5.69 Å². The van der Waals surface area contributed by atoms with Gasteiger partial charge in [-0.15, -0.1) is 0 Å². The van der Waals surface area contributed by atoms with Crippen molar-refractivity contribution in [2.75, 3.05) is 18.0 Å². The fourth-order valence-electron chi connectivity index (χ4n) is 2.77. The zero-order chi connectivity index (χ0) is 13.1. The minimum Gasteiger partial charge on any atom is -0.393 e. The summed E-state index contributed by atoms with van der Waals surface area (Å²) in [5, 5.41) is 19.1. The number of aliphatic hydroxyl groups excluding tert-OH is 2. The average molecular weight is 249 g/mol. The summed E-state index contributed by atoms with van der Waals surface area (Å²) in [6, 6.07) is 6.24. The molecule has 100 valence electrons. The lowest BCUT2D eigenvalue weighted by atomic mass is 9.91. The maximum absolute atomic E-state index is 9.61. The molecule has 0 spiro atoms. The maximum atomic E-state index is 9.61. The highest BCUT2D eigenvalue weighted by Crippen LogP contribution is 2.28. The maximum Gasteiger partial charge on any atom is 0.0702 e. The van der Waals surface area contributed by atoms with Crippen molar-refractivity contribution in [3.8, 4) is 0 Å². The van der Waals surface area contributed by atoms with Gasteiger partial charge in [0.15, 0.2) is 0 Å². The molecule has 1 unspecified atom stereocenters. The number of aliphatic hydroxyl groups is 2. The molecule has 1 aliphatic heterocycles. The van der Waals surface area contributed by atoms with Gasteiger partial charge in [-0.1, -0.05) is 17.7 Å². The Kier molecular flexibility index (Phi) is 4.25. The van der Waals surface area contributed by atoms with E-state index in [9.17, 15) is 10.2 Å². The van der Waals surface area contributed by atoms with Crippen LogP contribution >= 0.6 is 0 Å². The van der Waals surface area contributed by atoms with Crippen molar-refractivity contribution in [3.05, 3.63) is 29.3 Å². The number of anilines is 1. The third-order valence-corrected chi connectivity index (χ3v) is 3.97. The topological polar surface area (TPSA) is 43.7 Å². The van der Waals surface area contributed by atoms with Crippen molar-refractivity contribution >= 4 is 5.69 Å². The predicted octanol–water partition coefficient (Wildman–Crippen LogP) is 2.08. The molecule has 1 saturated heterocycles. The molecule has 0 saturated carbocycles. The van der Waals surface area contributed by atoms with Gasteiger partial charge in [-0.25, -0.2) is 0 Å². The summed E-state index contributed by atoms with van der Waals surface area (Å²) < 4.78 is 0. The Morgan fingerprint density at radius 1 is 1.33 bits per heavy atom. The Bertz CT molecular complexity index is 395. The molecule has 3 heteroatoms.